The van der Waals surface area contributed by atoms with Crippen molar-refractivity contribution < 1.29 is 48.5 Å². The molecule has 47 heavy (non-hydrogen) atoms. The minimum atomic E-state index is -2.25. The quantitative estimate of drug-likeness (QED) is 0.167. The first-order valence-corrected chi connectivity index (χ1v) is 15.4. The molecule has 4 aromatic rings. The van der Waals surface area contributed by atoms with Crippen LogP contribution in [0.3, 0.4) is 0 Å². The van der Waals surface area contributed by atoms with Gasteiger partial charge in [0.1, 0.15) is 46.3 Å². The number of phenolic OH excluding ortho intramolecular Hbond substituents is 1. The molecule has 3 unspecified atom stereocenters. The van der Waals surface area contributed by atoms with Gasteiger partial charge in [-0.05, 0) is 49.3 Å². The van der Waals surface area contributed by atoms with Crippen molar-refractivity contribution in [1.82, 2.24) is 20.3 Å². The topological polar surface area (TPSA) is 183 Å². The molecule has 0 radical (unpaired) electrons. The molecule has 2 aromatic heterocycles. The van der Waals surface area contributed by atoms with Crippen LogP contribution < -0.4 is 19.7 Å². The number of pyridine rings is 1. The summed E-state index contributed by atoms with van der Waals surface area (Å²) in [6, 6.07) is 6.59. The molecule has 250 valence electrons. The number of nitrogens with zero attached hydrogens (tertiary/aromatic N) is 4. The number of ether oxygens (including phenoxy) is 3. The fourth-order valence-electron chi connectivity index (χ4n) is 7.22. The van der Waals surface area contributed by atoms with E-state index in [0.717, 1.165) is 0 Å². The van der Waals surface area contributed by atoms with E-state index < -0.39 is 34.8 Å². The first kappa shape index (κ1) is 31.6. The fraction of sp³-hybridized carbons (Fsp3) is 0.469. The molecule has 2 aromatic carbocycles. The van der Waals surface area contributed by atoms with Crippen molar-refractivity contribution in [3.8, 4) is 28.9 Å². The Bertz CT molecular complexity index is 1860. The number of rotatable bonds is 6. The Kier molecular flexibility index (Phi) is 7.81. The SMILES string of the molecule is COc1nc(-c2cc(O)cc3cccc(F)c23)c(F)c2nc(OCC34CCCC3(O)NC(O)(O)CC4)nc(N3CCOCC(O)C3)c12. The highest BCUT2D eigenvalue weighted by molar-refractivity contribution is 6.02. The number of fused-ring (bicyclic) bond motifs is 3. The van der Waals surface area contributed by atoms with E-state index >= 15 is 8.78 Å². The van der Waals surface area contributed by atoms with Gasteiger partial charge in [0.15, 0.2) is 5.82 Å². The van der Waals surface area contributed by atoms with E-state index in [-0.39, 0.29) is 103 Å². The van der Waals surface area contributed by atoms with Gasteiger partial charge in [-0.3, -0.25) is 0 Å². The number of hydrogen-bond donors (Lipinski definition) is 6. The van der Waals surface area contributed by atoms with Crippen LogP contribution in [0.25, 0.3) is 32.9 Å². The van der Waals surface area contributed by atoms with Gasteiger partial charge in [-0.2, -0.15) is 9.97 Å². The second-order valence-electron chi connectivity index (χ2n) is 12.6. The second-order valence-corrected chi connectivity index (χ2v) is 12.6. The minimum Gasteiger partial charge on any atom is -0.508 e. The summed E-state index contributed by atoms with van der Waals surface area (Å²) in [5, 5.41) is 55.8. The lowest BCUT2D eigenvalue weighted by Gasteiger charge is -2.50. The highest BCUT2D eigenvalue weighted by Gasteiger charge is 2.60. The molecule has 2 aliphatic heterocycles. The van der Waals surface area contributed by atoms with Crippen LogP contribution in [0.1, 0.15) is 32.1 Å². The Labute approximate surface area is 267 Å². The summed E-state index contributed by atoms with van der Waals surface area (Å²) in [5.41, 5.74) is -3.21. The van der Waals surface area contributed by atoms with E-state index in [2.05, 4.69) is 20.3 Å². The van der Waals surface area contributed by atoms with Crippen LogP contribution in [0.4, 0.5) is 14.6 Å². The molecule has 3 atom stereocenters. The number of aromatic hydroxyl groups is 1. The number of aliphatic hydroxyl groups is 4. The number of hydrogen-bond acceptors (Lipinski definition) is 13. The van der Waals surface area contributed by atoms with Crippen LogP contribution in [-0.4, -0.2) is 98.2 Å². The third-order valence-electron chi connectivity index (χ3n) is 9.53. The zero-order chi connectivity index (χ0) is 33.1. The minimum absolute atomic E-state index is 0.0308. The van der Waals surface area contributed by atoms with E-state index in [1.165, 1.54) is 31.4 Å². The predicted molar refractivity (Wildman–Crippen MR) is 164 cm³/mol. The Morgan fingerprint density at radius 3 is 2.70 bits per heavy atom. The summed E-state index contributed by atoms with van der Waals surface area (Å²) >= 11 is 0. The van der Waals surface area contributed by atoms with E-state index in [1.54, 1.807) is 11.0 Å². The number of aliphatic hydroxyl groups excluding tert-OH is 1. The third-order valence-corrected chi connectivity index (χ3v) is 9.53. The number of β-amino-alcohol motifs (C(OH)–C–C–N with tert-alkyl or cyclic N) is 1. The number of anilines is 1. The molecule has 1 aliphatic carbocycles. The Balaban J connectivity index is 1.40. The summed E-state index contributed by atoms with van der Waals surface area (Å²) in [6.07, 6.45) is 0.608. The summed E-state index contributed by atoms with van der Waals surface area (Å²) in [4.78, 5) is 15.2. The smallest absolute Gasteiger partial charge is 0.319 e. The summed E-state index contributed by atoms with van der Waals surface area (Å²) in [5.74, 6) is -4.04. The Morgan fingerprint density at radius 2 is 1.89 bits per heavy atom. The van der Waals surface area contributed by atoms with Gasteiger partial charge in [-0.1, -0.05) is 12.1 Å². The van der Waals surface area contributed by atoms with Crippen molar-refractivity contribution in [2.24, 2.45) is 5.41 Å². The van der Waals surface area contributed by atoms with Crippen LogP contribution >= 0.6 is 0 Å². The largest absolute Gasteiger partial charge is 0.508 e. The number of phenols is 1. The maximum absolute atomic E-state index is 16.8. The van der Waals surface area contributed by atoms with E-state index in [4.69, 9.17) is 14.2 Å². The molecule has 1 saturated carbocycles. The maximum atomic E-state index is 16.8. The monoisotopic (exact) mass is 655 g/mol. The average molecular weight is 656 g/mol. The average Bonchev–Trinajstić information content (AvgIpc) is 3.19. The van der Waals surface area contributed by atoms with E-state index in [9.17, 15) is 25.5 Å². The second kappa shape index (κ2) is 11.6. The molecule has 3 aliphatic rings. The molecule has 2 saturated heterocycles. The van der Waals surface area contributed by atoms with Crippen molar-refractivity contribution in [3.63, 3.8) is 0 Å². The Morgan fingerprint density at radius 1 is 1.06 bits per heavy atom. The number of benzene rings is 2. The third kappa shape index (κ3) is 5.46. The van der Waals surface area contributed by atoms with Crippen LogP contribution in [-0.2, 0) is 4.74 Å². The van der Waals surface area contributed by atoms with Crippen molar-refractivity contribution in [3.05, 3.63) is 42.0 Å². The molecule has 13 nitrogen and oxygen atoms in total. The van der Waals surface area contributed by atoms with Gasteiger partial charge in [-0.25, -0.2) is 19.1 Å². The van der Waals surface area contributed by atoms with Gasteiger partial charge >= 0.3 is 6.01 Å². The van der Waals surface area contributed by atoms with Crippen LogP contribution in [0, 0.1) is 17.0 Å². The van der Waals surface area contributed by atoms with Crippen molar-refractivity contribution in [2.75, 3.05) is 44.9 Å². The zero-order valence-corrected chi connectivity index (χ0v) is 25.5. The molecular weight excluding hydrogens is 620 g/mol. The molecular formula is C32H35F2N5O8. The normalized spacial score (nSPS) is 25.9. The summed E-state index contributed by atoms with van der Waals surface area (Å²) in [7, 11) is 1.33. The lowest BCUT2D eigenvalue weighted by Crippen LogP contribution is -2.69. The summed E-state index contributed by atoms with van der Waals surface area (Å²) in [6.45, 7) is 0.513. The van der Waals surface area contributed by atoms with Gasteiger partial charge in [0.05, 0.1) is 26.4 Å². The number of methoxy groups -OCH3 is 1. The molecule has 4 heterocycles. The van der Waals surface area contributed by atoms with Crippen LogP contribution in [0.15, 0.2) is 30.3 Å². The standard InChI is InChI=1S/C32H35F2N5O8/c1-45-28-23-26(24(34)25(35-28)20-13-18(40)12-17-4-2-5-21(33)22(17)20)36-29(37-27(23)39-10-11-46-15-19(41)14-39)47-16-30-6-3-7-31(30,42)38-32(43,44)9-8-30/h2,4-5,12-13,19,38,40-44H,3,6-11,14-16H2,1H3. The Hall–Kier alpha value is -3.99. The fourth-order valence-corrected chi connectivity index (χ4v) is 7.22. The number of aromatic nitrogens is 3. The van der Waals surface area contributed by atoms with Crippen molar-refractivity contribution >= 4 is 27.5 Å². The van der Waals surface area contributed by atoms with Crippen molar-refractivity contribution in [1.29, 1.82) is 0 Å². The van der Waals surface area contributed by atoms with E-state index in [1.807, 2.05) is 0 Å². The lowest BCUT2D eigenvalue weighted by atomic mass is 9.73. The first-order valence-electron chi connectivity index (χ1n) is 15.4. The zero-order valence-electron chi connectivity index (χ0n) is 25.5. The molecule has 7 rings (SSSR count). The van der Waals surface area contributed by atoms with Crippen LogP contribution in [0.5, 0.6) is 17.6 Å². The van der Waals surface area contributed by atoms with E-state index in [0.29, 0.717) is 18.2 Å². The predicted octanol–water partition coefficient (Wildman–Crippen LogP) is 2.29. The lowest BCUT2D eigenvalue weighted by molar-refractivity contribution is -0.283. The highest BCUT2D eigenvalue weighted by Crippen LogP contribution is 2.52. The van der Waals surface area contributed by atoms with Gasteiger partial charge in [0.2, 0.25) is 11.8 Å². The van der Waals surface area contributed by atoms with Crippen LogP contribution in [0.2, 0.25) is 0 Å². The molecule has 15 heteroatoms. The number of nitrogens with one attached hydrogen (secondary N) is 1. The molecule has 3 fully saturated rings. The number of halogens is 2. The van der Waals surface area contributed by atoms with Gasteiger partial charge in [-0.15, -0.1) is 0 Å². The number of piperidine rings is 1. The van der Waals surface area contributed by atoms with Gasteiger partial charge < -0.3 is 44.6 Å². The molecule has 0 amide bonds. The highest BCUT2D eigenvalue weighted by atomic mass is 19.1. The first-order chi connectivity index (χ1) is 22.4. The van der Waals surface area contributed by atoms with Gasteiger partial charge in [0.25, 0.3) is 0 Å². The molecule has 6 N–H and O–H groups in total. The molecule has 0 bridgehead atoms. The van der Waals surface area contributed by atoms with Gasteiger partial charge in [0, 0.05) is 35.9 Å². The maximum Gasteiger partial charge on any atom is 0.319 e. The van der Waals surface area contributed by atoms with Crippen molar-refractivity contribution in [2.45, 2.75) is 49.8 Å². The molecule has 0 spiro atoms. The summed E-state index contributed by atoms with van der Waals surface area (Å²) < 4.78 is 49.3.